The molecule has 92 valence electrons. The van der Waals surface area contributed by atoms with E-state index in [0.29, 0.717) is 11.3 Å². The highest BCUT2D eigenvalue weighted by Crippen LogP contribution is 2.43. The molecule has 0 fully saturated rings. The first-order valence-corrected chi connectivity index (χ1v) is 7.60. The molecule has 1 aliphatic heterocycles. The molecule has 0 radical (unpaired) electrons. The minimum atomic E-state index is -0.781. The van der Waals surface area contributed by atoms with Gasteiger partial charge in [0.05, 0.1) is 9.62 Å². The summed E-state index contributed by atoms with van der Waals surface area (Å²) in [6.07, 6.45) is 1.73. The van der Waals surface area contributed by atoms with E-state index < -0.39 is 11.6 Å². The van der Waals surface area contributed by atoms with Crippen LogP contribution in [-0.2, 0) is 5.75 Å². The Hall–Kier alpha value is -0.690. The lowest BCUT2D eigenvalue weighted by Crippen LogP contribution is -2.02. The summed E-state index contributed by atoms with van der Waals surface area (Å²) in [6.45, 7) is 0. The third-order valence-electron chi connectivity index (χ3n) is 2.92. The standard InChI is InChI=1S/C13H8F2INS/c14-9-4-3-7-8(11(9)15)6-18-10-2-1-5-17-13(10)12(7)16/h1-5,12H,6H2. The van der Waals surface area contributed by atoms with Crippen LogP contribution in [0.1, 0.15) is 20.7 Å². The average Bonchev–Trinajstić information content (AvgIpc) is 2.53. The van der Waals surface area contributed by atoms with E-state index in [1.165, 1.54) is 17.8 Å². The molecule has 1 unspecified atom stereocenters. The monoisotopic (exact) mass is 375 g/mol. The molecule has 0 aliphatic carbocycles. The molecule has 5 heteroatoms. The van der Waals surface area contributed by atoms with Gasteiger partial charge in [-0.3, -0.25) is 4.98 Å². The van der Waals surface area contributed by atoms with E-state index in [-0.39, 0.29) is 3.92 Å². The van der Waals surface area contributed by atoms with Crippen LogP contribution >= 0.6 is 34.4 Å². The van der Waals surface area contributed by atoms with Crippen molar-refractivity contribution < 1.29 is 8.78 Å². The summed E-state index contributed by atoms with van der Waals surface area (Å²) in [5.41, 5.74) is 2.20. The van der Waals surface area contributed by atoms with Crippen molar-refractivity contribution in [3.63, 3.8) is 0 Å². The van der Waals surface area contributed by atoms with E-state index in [4.69, 9.17) is 0 Å². The molecule has 0 spiro atoms. The van der Waals surface area contributed by atoms with Crippen LogP contribution in [0.2, 0.25) is 0 Å². The molecule has 0 amide bonds. The molecular weight excluding hydrogens is 367 g/mol. The molecule has 0 saturated heterocycles. The smallest absolute Gasteiger partial charge is 0.163 e. The Bertz CT molecular complexity index is 618. The van der Waals surface area contributed by atoms with Gasteiger partial charge in [0.25, 0.3) is 0 Å². The highest BCUT2D eigenvalue weighted by Gasteiger charge is 2.26. The molecule has 0 saturated carbocycles. The maximum absolute atomic E-state index is 13.8. The van der Waals surface area contributed by atoms with Crippen molar-refractivity contribution in [3.8, 4) is 0 Å². The van der Waals surface area contributed by atoms with Crippen LogP contribution in [0.15, 0.2) is 35.4 Å². The third-order valence-corrected chi connectivity index (χ3v) is 5.27. The summed E-state index contributed by atoms with van der Waals surface area (Å²) in [5.74, 6) is -1.07. The van der Waals surface area contributed by atoms with Crippen LogP contribution in [0.5, 0.6) is 0 Å². The fourth-order valence-corrected chi connectivity index (χ4v) is 4.38. The lowest BCUT2D eigenvalue weighted by molar-refractivity contribution is 0.501. The second-order valence-electron chi connectivity index (χ2n) is 3.97. The predicted molar refractivity (Wildman–Crippen MR) is 76.0 cm³/mol. The lowest BCUT2D eigenvalue weighted by Gasteiger charge is -2.12. The number of rotatable bonds is 0. The Morgan fingerprint density at radius 1 is 1.28 bits per heavy atom. The lowest BCUT2D eigenvalue weighted by atomic mass is 10.0. The number of alkyl halides is 1. The fourth-order valence-electron chi connectivity index (χ4n) is 2.00. The first-order valence-electron chi connectivity index (χ1n) is 5.37. The molecule has 0 N–H and O–H groups in total. The highest BCUT2D eigenvalue weighted by atomic mass is 127. The first kappa shape index (κ1) is 12.3. The number of benzene rings is 1. The van der Waals surface area contributed by atoms with Gasteiger partial charge >= 0.3 is 0 Å². The van der Waals surface area contributed by atoms with Gasteiger partial charge in [-0.25, -0.2) is 8.78 Å². The minimum absolute atomic E-state index is 0.0427. The van der Waals surface area contributed by atoms with Gasteiger partial charge in [0.2, 0.25) is 0 Å². The molecule has 2 aromatic rings. The summed E-state index contributed by atoms with van der Waals surface area (Å²) in [7, 11) is 0. The SMILES string of the molecule is Fc1ccc2c(c1F)CSc1cccnc1C2I. The molecule has 1 aromatic carbocycles. The number of pyridine rings is 1. The molecule has 18 heavy (non-hydrogen) atoms. The Morgan fingerprint density at radius 3 is 2.94 bits per heavy atom. The van der Waals surface area contributed by atoms with Crippen LogP contribution in [0.4, 0.5) is 8.78 Å². The number of thioether (sulfide) groups is 1. The van der Waals surface area contributed by atoms with Crippen LogP contribution in [-0.4, -0.2) is 4.98 Å². The summed E-state index contributed by atoms with van der Waals surface area (Å²) >= 11 is 3.73. The predicted octanol–water partition coefficient (Wildman–Crippen LogP) is 4.49. The molecular formula is C13H8F2INS. The van der Waals surface area contributed by atoms with Crippen LogP contribution < -0.4 is 0 Å². The molecule has 3 rings (SSSR count). The number of fused-ring (bicyclic) bond motifs is 2. The van der Waals surface area contributed by atoms with Crippen molar-refractivity contribution in [2.75, 3.05) is 0 Å². The van der Waals surface area contributed by atoms with E-state index in [1.807, 2.05) is 12.1 Å². The zero-order valence-electron chi connectivity index (χ0n) is 9.16. The molecule has 1 nitrogen and oxygen atoms in total. The van der Waals surface area contributed by atoms with Gasteiger partial charge in [-0.05, 0) is 23.8 Å². The van der Waals surface area contributed by atoms with E-state index >= 15 is 0 Å². The Balaban J connectivity index is 2.21. The van der Waals surface area contributed by atoms with Crippen molar-refractivity contribution in [3.05, 3.63) is 58.9 Å². The normalized spacial score (nSPS) is 17.8. The summed E-state index contributed by atoms with van der Waals surface area (Å²) in [6, 6.07) is 6.69. The zero-order chi connectivity index (χ0) is 12.7. The second kappa shape index (κ2) is 4.77. The Morgan fingerprint density at radius 2 is 2.11 bits per heavy atom. The van der Waals surface area contributed by atoms with Crippen LogP contribution in [0.3, 0.4) is 0 Å². The fraction of sp³-hybridized carbons (Fsp3) is 0.154. The van der Waals surface area contributed by atoms with E-state index in [9.17, 15) is 8.78 Å². The third kappa shape index (κ3) is 1.93. The number of aromatic nitrogens is 1. The summed E-state index contributed by atoms with van der Waals surface area (Å²) in [5, 5.41) is 0. The highest BCUT2D eigenvalue weighted by molar-refractivity contribution is 14.1. The van der Waals surface area contributed by atoms with E-state index in [2.05, 4.69) is 27.6 Å². The van der Waals surface area contributed by atoms with Crippen molar-refractivity contribution in [1.29, 1.82) is 0 Å². The molecule has 1 aliphatic rings. The molecule has 1 atom stereocenters. The van der Waals surface area contributed by atoms with Crippen molar-refractivity contribution >= 4 is 34.4 Å². The summed E-state index contributed by atoms with van der Waals surface area (Å²) < 4.78 is 27.1. The number of hydrogen-bond acceptors (Lipinski definition) is 2. The Labute approximate surface area is 121 Å². The van der Waals surface area contributed by atoms with Crippen molar-refractivity contribution in [2.24, 2.45) is 0 Å². The Kier molecular flexibility index (Phi) is 3.27. The maximum atomic E-state index is 13.8. The van der Waals surface area contributed by atoms with Gasteiger partial charge in [-0.15, -0.1) is 11.8 Å². The average molecular weight is 375 g/mol. The zero-order valence-corrected chi connectivity index (χ0v) is 12.1. The number of halogens is 3. The second-order valence-corrected chi connectivity index (χ2v) is 6.23. The van der Waals surface area contributed by atoms with Gasteiger partial charge in [0.1, 0.15) is 0 Å². The topological polar surface area (TPSA) is 12.9 Å². The molecule has 0 bridgehead atoms. The van der Waals surface area contributed by atoms with Gasteiger partial charge in [-0.1, -0.05) is 28.7 Å². The van der Waals surface area contributed by atoms with Crippen LogP contribution in [0.25, 0.3) is 0 Å². The van der Waals surface area contributed by atoms with Gasteiger partial charge in [0, 0.05) is 22.4 Å². The van der Waals surface area contributed by atoms with Gasteiger partial charge < -0.3 is 0 Å². The van der Waals surface area contributed by atoms with Crippen LogP contribution in [0, 0.1) is 11.6 Å². The van der Waals surface area contributed by atoms with E-state index in [0.717, 1.165) is 16.2 Å². The first-order chi connectivity index (χ1) is 8.68. The summed E-state index contributed by atoms with van der Waals surface area (Å²) in [4.78, 5) is 5.40. The van der Waals surface area contributed by atoms with Gasteiger partial charge in [0.15, 0.2) is 11.6 Å². The van der Waals surface area contributed by atoms with Gasteiger partial charge in [-0.2, -0.15) is 0 Å². The number of nitrogens with zero attached hydrogens (tertiary/aromatic N) is 1. The molecule has 1 aromatic heterocycles. The minimum Gasteiger partial charge on any atom is -0.259 e. The quantitative estimate of drug-likeness (QED) is 0.497. The van der Waals surface area contributed by atoms with Crippen molar-refractivity contribution in [2.45, 2.75) is 14.6 Å². The van der Waals surface area contributed by atoms with Crippen molar-refractivity contribution in [1.82, 2.24) is 4.98 Å². The molecule has 2 heterocycles. The largest absolute Gasteiger partial charge is 0.259 e. The number of hydrogen-bond donors (Lipinski definition) is 0. The van der Waals surface area contributed by atoms with E-state index in [1.54, 1.807) is 12.3 Å². The maximum Gasteiger partial charge on any atom is 0.163 e.